The third kappa shape index (κ3) is 4.63. The number of nitrogens with zero attached hydrogens (tertiary/aromatic N) is 4. The van der Waals surface area contributed by atoms with E-state index in [1.807, 2.05) is 24.3 Å². The molecule has 0 aromatic carbocycles. The van der Waals surface area contributed by atoms with E-state index in [4.69, 9.17) is 4.42 Å². The van der Waals surface area contributed by atoms with Crippen molar-refractivity contribution in [2.45, 2.75) is 13.0 Å². The molecule has 0 unspecified atom stereocenters. The zero-order valence-electron chi connectivity index (χ0n) is 13.9. The summed E-state index contributed by atoms with van der Waals surface area (Å²) in [5.41, 5.74) is 1.46. The van der Waals surface area contributed by atoms with E-state index < -0.39 is 0 Å². The summed E-state index contributed by atoms with van der Waals surface area (Å²) in [5.74, 6) is 1.24. The summed E-state index contributed by atoms with van der Waals surface area (Å²) in [4.78, 5) is 18.0. The van der Waals surface area contributed by atoms with Crippen LogP contribution in [0.4, 0.5) is 5.82 Å². The molecule has 0 spiro atoms. The van der Waals surface area contributed by atoms with Crippen LogP contribution in [0.5, 0.6) is 0 Å². The minimum atomic E-state index is -0.154. The van der Waals surface area contributed by atoms with E-state index in [9.17, 15) is 4.79 Å². The van der Waals surface area contributed by atoms with Crippen molar-refractivity contribution >= 4 is 11.7 Å². The maximum atomic E-state index is 12.4. The highest BCUT2D eigenvalue weighted by Gasteiger charge is 2.13. The van der Waals surface area contributed by atoms with Crippen LogP contribution in [0.15, 0.2) is 59.5 Å². The van der Waals surface area contributed by atoms with E-state index in [-0.39, 0.29) is 5.91 Å². The first-order valence-corrected chi connectivity index (χ1v) is 7.97. The van der Waals surface area contributed by atoms with Crippen molar-refractivity contribution in [1.82, 2.24) is 20.1 Å². The van der Waals surface area contributed by atoms with Crippen LogP contribution >= 0.6 is 0 Å². The molecule has 3 aromatic rings. The van der Waals surface area contributed by atoms with Crippen molar-refractivity contribution in [2.24, 2.45) is 0 Å². The second kappa shape index (κ2) is 8.05. The third-order valence-electron chi connectivity index (χ3n) is 3.74. The normalized spacial score (nSPS) is 10.4. The Morgan fingerprint density at radius 2 is 2.00 bits per heavy atom. The Bertz CT molecular complexity index is 788. The molecule has 7 nitrogen and oxygen atoms in total. The Hall–Kier alpha value is -3.22. The molecule has 0 fully saturated rings. The van der Waals surface area contributed by atoms with E-state index in [0.29, 0.717) is 24.6 Å². The summed E-state index contributed by atoms with van der Waals surface area (Å²) in [6, 6.07) is 11.0. The molecule has 3 heterocycles. The predicted molar refractivity (Wildman–Crippen MR) is 93.0 cm³/mol. The number of pyridine rings is 1. The summed E-state index contributed by atoms with van der Waals surface area (Å²) >= 11 is 0. The van der Waals surface area contributed by atoms with Gasteiger partial charge in [0.15, 0.2) is 5.69 Å². The van der Waals surface area contributed by atoms with Crippen LogP contribution in [0.2, 0.25) is 0 Å². The van der Waals surface area contributed by atoms with Crippen molar-refractivity contribution in [3.8, 4) is 0 Å². The van der Waals surface area contributed by atoms with Gasteiger partial charge in [-0.2, -0.15) is 0 Å². The van der Waals surface area contributed by atoms with Crippen LogP contribution in [0.25, 0.3) is 0 Å². The highest BCUT2D eigenvalue weighted by atomic mass is 16.3. The molecule has 7 heteroatoms. The van der Waals surface area contributed by atoms with Crippen molar-refractivity contribution in [2.75, 3.05) is 18.9 Å². The fourth-order valence-corrected chi connectivity index (χ4v) is 2.27. The maximum absolute atomic E-state index is 12.4. The molecule has 3 rings (SSSR count). The number of hydrogen-bond acceptors (Lipinski definition) is 6. The van der Waals surface area contributed by atoms with E-state index in [2.05, 4.69) is 20.5 Å². The van der Waals surface area contributed by atoms with Gasteiger partial charge in [-0.3, -0.25) is 9.78 Å². The standard InChI is InChI=1S/C18H19N5O2/c1-23(11-8-14-6-9-19-10-7-14)18(24)16-4-5-17(22-21-16)20-13-15-3-2-12-25-15/h2-7,9-10,12H,8,11,13H2,1H3,(H,20,22). The number of carbonyl (C=O) groups excluding carboxylic acids is 1. The fraction of sp³-hybridized carbons (Fsp3) is 0.222. The summed E-state index contributed by atoms with van der Waals surface area (Å²) in [6.07, 6.45) is 5.88. The lowest BCUT2D eigenvalue weighted by Crippen LogP contribution is -2.29. The monoisotopic (exact) mass is 337 g/mol. The number of furan rings is 1. The Labute approximate surface area is 145 Å². The van der Waals surface area contributed by atoms with Gasteiger partial charge in [-0.1, -0.05) is 0 Å². The Kier molecular flexibility index (Phi) is 5.36. The highest BCUT2D eigenvalue weighted by molar-refractivity contribution is 5.92. The molecular formula is C18H19N5O2. The molecule has 0 bridgehead atoms. The largest absolute Gasteiger partial charge is 0.467 e. The van der Waals surface area contributed by atoms with Gasteiger partial charge in [-0.25, -0.2) is 0 Å². The smallest absolute Gasteiger partial charge is 0.274 e. The number of aromatic nitrogens is 3. The van der Waals surface area contributed by atoms with Crippen LogP contribution in [0.3, 0.4) is 0 Å². The van der Waals surface area contributed by atoms with Gasteiger partial charge in [-0.15, -0.1) is 10.2 Å². The third-order valence-corrected chi connectivity index (χ3v) is 3.74. The Morgan fingerprint density at radius 3 is 2.68 bits per heavy atom. The molecule has 3 aromatic heterocycles. The number of likely N-dealkylation sites (N-methyl/N-ethyl adjacent to an activating group) is 1. The first-order valence-electron chi connectivity index (χ1n) is 7.97. The van der Waals surface area contributed by atoms with Gasteiger partial charge in [0, 0.05) is 26.0 Å². The minimum absolute atomic E-state index is 0.154. The maximum Gasteiger partial charge on any atom is 0.274 e. The number of nitrogens with one attached hydrogen (secondary N) is 1. The highest BCUT2D eigenvalue weighted by Crippen LogP contribution is 2.08. The van der Waals surface area contributed by atoms with Gasteiger partial charge in [0.2, 0.25) is 0 Å². The quantitative estimate of drug-likeness (QED) is 0.713. The van der Waals surface area contributed by atoms with E-state index in [0.717, 1.165) is 17.7 Å². The van der Waals surface area contributed by atoms with Gasteiger partial charge in [0.25, 0.3) is 5.91 Å². The zero-order chi connectivity index (χ0) is 17.5. The molecule has 128 valence electrons. The van der Waals surface area contributed by atoms with Crippen LogP contribution in [0.1, 0.15) is 21.8 Å². The molecule has 0 saturated heterocycles. The molecule has 0 atom stereocenters. The summed E-state index contributed by atoms with van der Waals surface area (Å²) in [5, 5.41) is 11.1. The van der Waals surface area contributed by atoms with Gasteiger partial charge < -0.3 is 14.6 Å². The summed E-state index contributed by atoms with van der Waals surface area (Å²) < 4.78 is 5.24. The molecule has 0 aliphatic rings. The first-order chi connectivity index (χ1) is 12.2. The molecule has 1 N–H and O–H groups in total. The van der Waals surface area contributed by atoms with Crippen LogP contribution in [-0.2, 0) is 13.0 Å². The van der Waals surface area contributed by atoms with E-state index in [1.54, 1.807) is 42.7 Å². The van der Waals surface area contributed by atoms with Crippen LogP contribution in [-0.4, -0.2) is 39.6 Å². The molecular weight excluding hydrogens is 318 g/mol. The number of hydrogen-bond donors (Lipinski definition) is 1. The van der Waals surface area contributed by atoms with Crippen molar-refractivity contribution < 1.29 is 9.21 Å². The molecule has 0 aliphatic carbocycles. The van der Waals surface area contributed by atoms with Gasteiger partial charge >= 0.3 is 0 Å². The average Bonchev–Trinajstić information content (AvgIpc) is 3.19. The molecule has 25 heavy (non-hydrogen) atoms. The van der Waals surface area contributed by atoms with Gasteiger partial charge in [-0.05, 0) is 48.4 Å². The van der Waals surface area contributed by atoms with Crippen molar-refractivity contribution in [1.29, 1.82) is 0 Å². The summed E-state index contributed by atoms with van der Waals surface area (Å²) in [6.45, 7) is 1.11. The lowest BCUT2D eigenvalue weighted by molar-refractivity contribution is 0.0789. The first kappa shape index (κ1) is 16.6. The van der Waals surface area contributed by atoms with Gasteiger partial charge in [0.1, 0.15) is 11.6 Å². The van der Waals surface area contributed by atoms with Crippen molar-refractivity contribution in [3.05, 3.63) is 72.1 Å². The average molecular weight is 337 g/mol. The Balaban J connectivity index is 1.52. The van der Waals surface area contributed by atoms with Crippen LogP contribution < -0.4 is 5.32 Å². The number of carbonyl (C=O) groups is 1. The number of rotatable bonds is 7. The molecule has 0 saturated carbocycles. The Morgan fingerprint density at radius 1 is 1.16 bits per heavy atom. The topological polar surface area (TPSA) is 84.2 Å². The predicted octanol–water partition coefficient (Wildman–Crippen LogP) is 2.39. The SMILES string of the molecule is CN(CCc1ccncc1)C(=O)c1ccc(NCc2ccco2)nn1. The number of amides is 1. The lowest BCUT2D eigenvalue weighted by Gasteiger charge is -2.16. The minimum Gasteiger partial charge on any atom is -0.467 e. The van der Waals surface area contributed by atoms with Crippen molar-refractivity contribution in [3.63, 3.8) is 0 Å². The fourth-order valence-electron chi connectivity index (χ4n) is 2.27. The molecule has 1 amide bonds. The molecule has 0 radical (unpaired) electrons. The second-order valence-corrected chi connectivity index (χ2v) is 5.57. The number of anilines is 1. The zero-order valence-corrected chi connectivity index (χ0v) is 13.9. The van der Waals surface area contributed by atoms with E-state index >= 15 is 0 Å². The lowest BCUT2D eigenvalue weighted by atomic mass is 10.2. The molecule has 0 aliphatic heterocycles. The summed E-state index contributed by atoms with van der Waals surface area (Å²) in [7, 11) is 1.76. The van der Waals surface area contributed by atoms with Crippen LogP contribution in [0, 0.1) is 0 Å². The van der Waals surface area contributed by atoms with E-state index in [1.165, 1.54) is 0 Å². The second-order valence-electron chi connectivity index (χ2n) is 5.57. The van der Waals surface area contributed by atoms with Gasteiger partial charge in [0.05, 0.1) is 12.8 Å².